The largest absolute Gasteiger partial charge is 0.331 e. The predicted molar refractivity (Wildman–Crippen MR) is 97.8 cm³/mol. The van der Waals surface area contributed by atoms with Crippen LogP contribution in [-0.2, 0) is 24.4 Å². The molecular weight excluding hydrogens is 310 g/mol. The summed E-state index contributed by atoms with van der Waals surface area (Å²) >= 11 is 0. The first kappa shape index (κ1) is 16.3. The van der Waals surface area contributed by atoms with E-state index >= 15 is 0 Å². The number of hydrogen-bond acceptors (Lipinski definition) is 3. The lowest BCUT2D eigenvalue weighted by Gasteiger charge is -2.27. The number of carbonyl (C=O) groups excluding carboxylic acids is 1. The van der Waals surface area contributed by atoms with Crippen LogP contribution in [0.5, 0.6) is 0 Å². The molecule has 4 nitrogen and oxygen atoms in total. The fourth-order valence-electron chi connectivity index (χ4n) is 4.19. The number of carbonyl (C=O) groups is 1. The van der Waals surface area contributed by atoms with Gasteiger partial charge in [0.1, 0.15) is 0 Å². The number of aryl methyl sites for hydroxylation is 2. The van der Waals surface area contributed by atoms with Gasteiger partial charge in [-0.25, -0.2) is 0 Å². The molecule has 1 atom stereocenters. The maximum absolute atomic E-state index is 13.2. The van der Waals surface area contributed by atoms with Crippen LogP contribution in [0.25, 0.3) is 0 Å². The van der Waals surface area contributed by atoms with Crippen LogP contribution in [0, 0.1) is 13.8 Å². The molecule has 0 aliphatic carbocycles. The topological polar surface area (TPSA) is 36.4 Å². The molecular formula is C21H25N3O. The monoisotopic (exact) mass is 335 g/mol. The Kier molecular flexibility index (Phi) is 4.30. The van der Waals surface area contributed by atoms with Crippen molar-refractivity contribution in [1.82, 2.24) is 14.8 Å². The molecule has 1 amide bonds. The lowest BCUT2D eigenvalue weighted by Crippen LogP contribution is -2.43. The first-order valence-electron chi connectivity index (χ1n) is 9.14. The van der Waals surface area contributed by atoms with Gasteiger partial charge in [-0.2, -0.15) is 0 Å². The molecule has 1 fully saturated rings. The van der Waals surface area contributed by atoms with Crippen LogP contribution in [0.2, 0.25) is 0 Å². The second-order valence-corrected chi connectivity index (χ2v) is 7.31. The molecule has 1 unspecified atom stereocenters. The van der Waals surface area contributed by atoms with E-state index in [2.05, 4.69) is 47.1 Å². The third-order valence-electron chi connectivity index (χ3n) is 5.44. The van der Waals surface area contributed by atoms with E-state index in [-0.39, 0.29) is 11.9 Å². The Morgan fingerprint density at radius 2 is 2.00 bits per heavy atom. The third-order valence-corrected chi connectivity index (χ3v) is 5.44. The van der Waals surface area contributed by atoms with Crippen LogP contribution in [-0.4, -0.2) is 33.3 Å². The van der Waals surface area contributed by atoms with Gasteiger partial charge in [0.05, 0.1) is 18.3 Å². The third kappa shape index (κ3) is 3.19. The molecule has 4 heteroatoms. The van der Waals surface area contributed by atoms with Crippen molar-refractivity contribution in [2.45, 2.75) is 52.4 Å². The average molecular weight is 335 g/mol. The molecule has 2 aromatic rings. The Bertz CT molecular complexity index is 787. The van der Waals surface area contributed by atoms with Gasteiger partial charge >= 0.3 is 0 Å². The number of pyridine rings is 1. The zero-order valence-corrected chi connectivity index (χ0v) is 15.0. The highest BCUT2D eigenvalue weighted by atomic mass is 16.2. The predicted octanol–water partition coefficient (Wildman–Crippen LogP) is 3.21. The molecule has 1 aromatic carbocycles. The normalized spacial score (nSPS) is 20.1. The molecule has 25 heavy (non-hydrogen) atoms. The first-order chi connectivity index (χ1) is 12.1. The molecule has 2 aliphatic heterocycles. The zero-order valence-electron chi connectivity index (χ0n) is 15.0. The Morgan fingerprint density at radius 3 is 2.80 bits per heavy atom. The molecule has 0 N–H and O–H groups in total. The molecule has 4 rings (SSSR count). The average Bonchev–Trinajstić information content (AvgIpc) is 3.22. The van der Waals surface area contributed by atoms with Gasteiger partial charge in [0.25, 0.3) is 0 Å². The minimum Gasteiger partial charge on any atom is -0.331 e. The maximum Gasteiger partial charge on any atom is 0.240 e. The van der Waals surface area contributed by atoms with E-state index in [4.69, 9.17) is 0 Å². The first-order valence-corrected chi connectivity index (χ1v) is 9.14. The highest BCUT2D eigenvalue weighted by Gasteiger charge is 2.36. The van der Waals surface area contributed by atoms with Crippen molar-refractivity contribution in [1.29, 1.82) is 0 Å². The second-order valence-electron chi connectivity index (χ2n) is 7.31. The van der Waals surface area contributed by atoms with E-state index in [1.807, 2.05) is 17.9 Å². The number of nitrogens with zero attached hydrogens (tertiary/aromatic N) is 3. The number of hydrogen-bond donors (Lipinski definition) is 0. The van der Waals surface area contributed by atoms with Gasteiger partial charge < -0.3 is 4.90 Å². The molecule has 0 radical (unpaired) electrons. The van der Waals surface area contributed by atoms with E-state index in [0.717, 1.165) is 37.3 Å². The van der Waals surface area contributed by atoms with Crippen LogP contribution >= 0.6 is 0 Å². The summed E-state index contributed by atoms with van der Waals surface area (Å²) in [6.45, 7) is 7.38. The van der Waals surface area contributed by atoms with Crippen molar-refractivity contribution in [3.05, 3.63) is 64.5 Å². The summed E-state index contributed by atoms with van der Waals surface area (Å²) in [5.74, 6) is 0.267. The van der Waals surface area contributed by atoms with Crippen molar-refractivity contribution in [3.63, 3.8) is 0 Å². The summed E-state index contributed by atoms with van der Waals surface area (Å²) in [4.78, 5) is 22.2. The highest BCUT2D eigenvalue weighted by Crippen LogP contribution is 2.28. The summed E-state index contributed by atoms with van der Waals surface area (Å²) in [5, 5.41) is 0. The molecule has 0 saturated carbocycles. The van der Waals surface area contributed by atoms with Crippen molar-refractivity contribution in [2.24, 2.45) is 0 Å². The number of likely N-dealkylation sites (tertiary alicyclic amines) is 1. The number of amides is 1. The standard InChI is InChI=1S/C21H25N3O/c1-15-11-16(2)22-19-14-24(13-18(15)19)21(25)20-9-6-10-23(20)12-17-7-4-3-5-8-17/h3-5,7-8,11,20H,6,9-10,12-14H2,1-2H3. The van der Waals surface area contributed by atoms with E-state index < -0.39 is 0 Å². The summed E-state index contributed by atoms with van der Waals surface area (Å²) in [6, 6.07) is 12.6. The molecule has 0 spiro atoms. The lowest BCUT2D eigenvalue weighted by atomic mass is 10.1. The van der Waals surface area contributed by atoms with Crippen LogP contribution in [0.3, 0.4) is 0 Å². The van der Waals surface area contributed by atoms with Crippen LogP contribution in [0.15, 0.2) is 36.4 Å². The number of rotatable bonds is 3. The van der Waals surface area contributed by atoms with Crippen molar-refractivity contribution >= 4 is 5.91 Å². The second kappa shape index (κ2) is 6.60. The molecule has 2 aliphatic rings. The summed E-state index contributed by atoms with van der Waals surface area (Å²) in [7, 11) is 0. The van der Waals surface area contributed by atoms with Gasteiger partial charge in [-0.3, -0.25) is 14.7 Å². The highest BCUT2D eigenvalue weighted by molar-refractivity contribution is 5.82. The number of aromatic nitrogens is 1. The van der Waals surface area contributed by atoms with Crippen molar-refractivity contribution in [2.75, 3.05) is 6.54 Å². The van der Waals surface area contributed by atoms with Crippen LogP contribution in [0.4, 0.5) is 0 Å². The smallest absolute Gasteiger partial charge is 0.240 e. The Morgan fingerprint density at radius 1 is 1.20 bits per heavy atom. The van der Waals surface area contributed by atoms with Crippen molar-refractivity contribution in [3.8, 4) is 0 Å². The summed E-state index contributed by atoms with van der Waals surface area (Å²) in [5.41, 5.74) is 5.90. The molecule has 3 heterocycles. The molecule has 0 bridgehead atoms. The lowest BCUT2D eigenvalue weighted by molar-refractivity contribution is -0.136. The van der Waals surface area contributed by atoms with Crippen LogP contribution < -0.4 is 0 Å². The maximum atomic E-state index is 13.2. The quantitative estimate of drug-likeness (QED) is 0.864. The Labute approximate surface area is 149 Å². The minimum absolute atomic E-state index is 0.0101. The van der Waals surface area contributed by atoms with Gasteiger partial charge in [0.2, 0.25) is 5.91 Å². The van der Waals surface area contributed by atoms with E-state index in [1.165, 1.54) is 16.7 Å². The SMILES string of the molecule is Cc1cc(C)c2c(n1)CN(C(=O)C1CCCN1Cc1ccccc1)C2. The van der Waals surface area contributed by atoms with E-state index in [0.29, 0.717) is 13.1 Å². The van der Waals surface area contributed by atoms with Gasteiger partial charge in [-0.15, -0.1) is 0 Å². The summed E-state index contributed by atoms with van der Waals surface area (Å²) in [6.07, 6.45) is 2.06. The fraction of sp³-hybridized carbons (Fsp3) is 0.429. The van der Waals surface area contributed by atoms with Crippen molar-refractivity contribution < 1.29 is 4.79 Å². The number of fused-ring (bicyclic) bond motifs is 1. The van der Waals surface area contributed by atoms with Gasteiger partial charge in [0.15, 0.2) is 0 Å². The van der Waals surface area contributed by atoms with E-state index in [1.54, 1.807) is 0 Å². The Hall–Kier alpha value is -2.20. The molecule has 1 saturated heterocycles. The van der Waals surface area contributed by atoms with Gasteiger partial charge in [-0.05, 0) is 56.0 Å². The fourth-order valence-corrected chi connectivity index (χ4v) is 4.19. The number of benzene rings is 1. The van der Waals surface area contributed by atoms with Gasteiger partial charge in [0, 0.05) is 18.8 Å². The van der Waals surface area contributed by atoms with E-state index in [9.17, 15) is 4.79 Å². The minimum atomic E-state index is 0.0101. The zero-order chi connectivity index (χ0) is 17.4. The van der Waals surface area contributed by atoms with Crippen LogP contribution in [0.1, 0.15) is 40.9 Å². The van der Waals surface area contributed by atoms with Gasteiger partial charge in [-0.1, -0.05) is 30.3 Å². The Balaban J connectivity index is 1.48. The molecule has 130 valence electrons. The summed E-state index contributed by atoms with van der Waals surface area (Å²) < 4.78 is 0. The molecule has 1 aromatic heterocycles.